The lowest BCUT2D eigenvalue weighted by Gasteiger charge is -2.15. The molecule has 4 rings (SSSR count). The van der Waals surface area contributed by atoms with E-state index in [0.717, 1.165) is 11.3 Å². The van der Waals surface area contributed by atoms with Crippen molar-refractivity contribution < 1.29 is 28.8 Å². The number of benzene rings is 2. The molecule has 4 aromatic rings. The minimum atomic E-state index is -0.621. The molecule has 0 aliphatic heterocycles. The molecule has 0 spiro atoms. The van der Waals surface area contributed by atoms with Crippen LogP contribution in [0.4, 0.5) is 0 Å². The first kappa shape index (κ1) is 24.8. The molecule has 0 saturated carbocycles. The smallest absolute Gasteiger partial charge is 0.274 e. The summed E-state index contributed by atoms with van der Waals surface area (Å²) in [6.07, 6.45) is 0.701. The van der Waals surface area contributed by atoms with Crippen molar-refractivity contribution in [2.45, 2.75) is 18.9 Å². The highest BCUT2D eigenvalue weighted by Gasteiger charge is 2.24. The van der Waals surface area contributed by atoms with Crippen LogP contribution in [0.5, 0.6) is 11.5 Å². The zero-order chi connectivity index (χ0) is 25.5. The Balaban J connectivity index is 1.52. The molecular formula is C24H23N5O6S. The molecule has 0 fully saturated rings. The second-order valence-corrected chi connectivity index (χ2v) is 8.36. The predicted molar refractivity (Wildman–Crippen MR) is 128 cm³/mol. The van der Waals surface area contributed by atoms with Gasteiger partial charge < -0.3 is 19.3 Å². The van der Waals surface area contributed by atoms with Gasteiger partial charge in [0, 0.05) is 29.3 Å². The van der Waals surface area contributed by atoms with Gasteiger partial charge >= 0.3 is 0 Å². The van der Waals surface area contributed by atoms with E-state index in [2.05, 4.69) is 20.4 Å². The molecule has 2 aromatic heterocycles. The van der Waals surface area contributed by atoms with Crippen LogP contribution >= 0.6 is 11.3 Å². The third-order valence-corrected chi connectivity index (χ3v) is 5.94. The van der Waals surface area contributed by atoms with Crippen molar-refractivity contribution in [2.75, 3.05) is 14.2 Å². The van der Waals surface area contributed by atoms with Crippen molar-refractivity contribution in [3.8, 4) is 11.5 Å². The summed E-state index contributed by atoms with van der Waals surface area (Å²) in [6.45, 7) is 0. The zero-order valence-corrected chi connectivity index (χ0v) is 20.2. The Morgan fingerprint density at radius 3 is 2.47 bits per heavy atom. The predicted octanol–water partition coefficient (Wildman–Crippen LogP) is 2.97. The van der Waals surface area contributed by atoms with Crippen LogP contribution in [0.15, 0.2) is 57.9 Å². The Morgan fingerprint density at radius 1 is 1.06 bits per heavy atom. The first-order valence-corrected chi connectivity index (χ1v) is 11.7. The van der Waals surface area contributed by atoms with Gasteiger partial charge in [-0.05, 0) is 35.9 Å². The molecule has 186 valence electrons. The van der Waals surface area contributed by atoms with Crippen molar-refractivity contribution in [2.24, 2.45) is 0 Å². The molecule has 0 aliphatic rings. The molecule has 0 bridgehead atoms. The molecule has 1 atom stereocenters. The average Bonchev–Trinajstić information content (AvgIpc) is 3.60. The number of aromatic nitrogens is 3. The number of hydroxylamine groups is 1. The van der Waals surface area contributed by atoms with Crippen LogP contribution in [0.1, 0.15) is 49.7 Å². The number of hydrogen-bond acceptors (Lipinski definition) is 10. The van der Waals surface area contributed by atoms with Gasteiger partial charge in [0.2, 0.25) is 5.89 Å². The summed E-state index contributed by atoms with van der Waals surface area (Å²) in [4.78, 5) is 33.4. The number of amides is 2. The molecule has 12 heteroatoms. The number of carbonyl (C=O) groups is 2. The molecule has 2 aromatic carbocycles. The van der Waals surface area contributed by atoms with Gasteiger partial charge in [-0.15, -0.1) is 11.3 Å². The van der Waals surface area contributed by atoms with Crippen LogP contribution in [-0.4, -0.2) is 46.4 Å². The lowest BCUT2D eigenvalue weighted by atomic mass is 10.1. The van der Waals surface area contributed by atoms with Gasteiger partial charge in [0.15, 0.2) is 17.3 Å². The molecular weight excluding hydrogens is 486 g/mol. The third-order valence-electron chi connectivity index (χ3n) is 5.31. The van der Waals surface area contributed by atoms with Gasteiger partial charge in [-0.2, -0.15) is 4.98 Å². The Bertz CT molecular complexity index is 1320. The fourth-order valence-corrected chi connectivity index (χ4v) is 4.04. The quantitative estimate of drug-likeness (QED) is 0.217. The van der Waals surface area contributed by atoms with Crippen LogP contribution < -0.4 is 20.3 Å². The van der Waals surface area contributed by atoms with Crippen molar-refractivity contribution >= 4 is 23.2 Å². The van der Waals surface area contributed by atoms with Crippen LogP contribution in [0.25, 0.3) is 0 Å². The molecule has 0 aliphatic carbocycles. The normalized spacial score (nSPS) is 11.5. The number of nitrogens with one attached hydrogen (secondary N) is 2. The molecule has 3 N–H and O–H groups in total. The minimum Gasteiger partial charge on any atom is -0.493 e. The first-order valence-electron chi connectivity index (χ1n) is 10.8. The summed E-state index contributed by atoms with van der Waals surface area (Å²) < 4.78 is 16.0. The Kier molecular flexibility index (Phi) is 7.88. The van der Waals surface area contributed by atoms with E-state index in [9.17, 15) is 9.59 Å². The maximum Gasteiger partial charge on any atom is 0.274 e. The fraction of sp³-hybridized carbons (Fsp3) is 0.208. The number of ether oxygens (including phenoxy) is 2. The average molecular weight is 510 g/mol. The Labute approximate surface area is 210 Å². The molecule has 0 unspecified atom stereocenters. The summed E-state index contributed by atoms with van der Waals surface area (Å²) in [5, 5.41) is 17.6. The van der Waals surface area contributed by atoms with Crippen molar-refractivity contribution in [3.05, 3.63) is 87.5 Å². The highest BCUT2D eigenvalue weighted by molar-refractivity contribution is 7.07. The SMILES string of the molecule is COc1ccc(C(=O)N[C@@H](Cc2cscn2)c2nc(Cc3ccc(C(=O)NO)cc3)no2)cc1OC. The number of thiazole rings is 1. The van der Waals surface area contributed by atoms with Gasteiger partial charge in [-0.1, -0.05) is 17.3 Å². The van der Waals surface area contributed by atoms with E-state index in [1.54, 1.807) is 53.5 Å². The summed E-state index contributed by atoms with van der Waals surface area (Å²) in [7, 11) is 3.02. The second kappa shape index (κ2) is 11.4. The monoisotopic (exact) mass is 509 g/mol. The van der Waals surface area contributed by atoms with Gasteiger partial charge in [0.25, 0.3) is 11.8 Å². The number of nitrogens with zero attached hydrogens (tertiary/aromatic N) is 3. The molecule has 0 saturated heterocycles. The van der Waals surface area contributed by atoms with Crippen LogP contribution in [-0.2, 0) is 12.8 Å². The Morgan fingerprint density at radius 2 is 1.81 bits per heavy atom. The number of rotatable bonds is 10. The summed E-state index contributed by atoms with van der Waals surface area (Å²) >= 11 is 1.45. The maximum absolute atomic E-state index is 13.1. The minimum absolute atomic E-state index is 0.239. The molecule has 2 heterocycles. The van der Waals surface area contributed by atoms with Crippen molar-refractivity contribution in [1.82, 2.24) is 25.9 Å². The van der Waals surface area contributed by atoms with Crippen molar-refractivity contribution in [3.63, 3.8) is 0 Å². The number of carbonyl (C=O) groups excluding carboxylic acids is 2. The van der Waals surface area contributed by atoms with E-state index in [-0.39, 0.29) is 11.8 Å². The lowest BCUT2D eigenvalue weighted by Crippen LogP contribution is -2.30. The summed E-state index contributed by atoms with van der Waals surface area (Å²) in [5.41, 5.74) is 5.61. The summed E-state index contributed by atoms with van der Waals surface area (Å²) in [5.74, 6) is 0.645. The molecule has 11 nitrogen and oxygen atoms in total. The Hall–Kier alpha value is -4.29. The van der Waals surface area contributed by atoms with E-state index < -0.39 is 11.9 Å². The maximum atomic E-state index is 13.1. The summed E-state index contributed by atoms with van der Waals surface area (Å²) in [6, 6.07) is 10.9. The van der Waals surface area contributed by atoms with Crippen LogP contribution in [0, 0.1) is 0 Å². The first-order chi connectivity index (χ1) is 17.5. The topological polar surface area (TPSA) is 149 Å². The van der Waals surface area contributed by atoms with E-state index in [1.807, 2.05) is 5.38 Å². The number of methoxy groups -OCH3 is 2. The number of hydrogen-bond donors (Lipinski definition) is 3. The largest absolute Gasteiger partial charge is 0.493 e. The van der Waals surface area contributed by atoms with Crippen LogP contribution in [0.2, 0.25) is 0 Å². The standard InChI is InChI=1S/C24H23N5O6S/c1-33-19-8-7-16(10-20(19)34-2)22(30)26-18(11-17-12-36-13-25-17)24-27-21(29-35-24)9-14-3-5-15(6-4-14)23(31)28-32/h3-8,10,12-13,18,32H,9,11H2,1-2H3,(H,26,30)(H,28,31)/t18-/m0/s1. The van der Waals surface area contributed by atoms with Gasteiger partial charge in [0.1, 0.15) is 6.04 Å². The second-order valence-electron chi connectivity index (χ2n) is 7.64. The van der Waals surface area contributed by atoms with Crippen molar-refractivity contribution in [1.29, 1.82) is 0 Å². The fourth-order valence-electron chi connectivity index (χ4n) is 3.47. The van der Waals surface area contributed by atoms with Gasteiger partial charge in [-0.3, -0.25) is 14.8 Å². The van der Waals surface area contributed by atoms with Gasteiger partial charge in [-0.25, -0.2) is 10.5 Å². The van der Waals surface area contributed by atoms with Crippen LogP contribution in [0.3, 0.4) is 0 Å². The van der Waals surface area contributed by atoms with E-state index in [4.69, 9.17) is 19.2 Å². The molecule has 36 heavy (non-hydrogen) atoms. The third kappa shape index (κ3) is 5.85. The molecule has 2 amide bonds. The molecule has 0 radical (unpaired) electrons. The van der Waals surface area contributed by atoms with Gasteiger partial charge in [0.05, 0.1) is 25.4 Å². The highest BCUT2D eigenvalue weighted by Crippen LogP contribution is 2.28. The van der Waals surface area contributed by atoms with E-state index in [0.29, 0.717) is 41.3 Å². The van der Waals surface area contributed by atoms with E-state index >= 15 is 0 Å². The highest BCUT2D eigenvalue weighted by atomic mass is 32.1. The zero-order valence-electron chi connectivity index (χ0n) is 19.4. The van der Waals surface area contributed by atoms with E-state index in [1.165, 1.54) is 25.6 Å². The lowest BCUT2D eigenvalue weighted by molar-refractivity contribution is 0.0706.